The molecule has 0 saturated carbocycles. The van der Waals surface area contributed by atoms with Crippen molar-refractivity contribution in [1.29, 1.82) is 0 Å². The third-order valence-electron chi connectivity index (χ3n) is 4.88. The summed E-state index contributed by atoms with van der Waals surface area (Å²) in [6.45, 7) is 4.56. The van der Waals surface area contributed by atoms with Gasteiger partial charge in [0.05, 0.1) is 11.6 Å². The monoisotopic (exact) mass is 370 g/mol. The molecule has 0 unspecified atom stereocenters. The lowest BCUT2D eigenvalue weighted by atomic mass is 10.0. The molecular formula is C22H34N4O. The average Bonchev–Trinajstić information content (AvgIpc) is 2.69. The Hall–Kier alpha value is -1.82. The number of Topliss-reactive ketones (excluding diaryl/α,β-unsaturated/α-hetero) is 1. The highest BCUT2D eigenvalue weighted by Gasteiger charge is 2.18. The molecule has 5 heteroatoms. The molecule has 0 aliphatic rings. The van der Waals surface area contributed by atoms with Gasteiger partial charge in [0.15, 0.2) is 5.78 Å². The van der Waals surface area contributed by atoms with E-state index in [2.05, 4.69) is 23.3 Å². The van der Waals surface area contributed by atoms with Crippen molar-refractivity contribution in [2.24, 2.45) is 11.5 Å². The summed E-state index contributed by atoms with van der Waals surface area (Å²) in [6.07, 6.45) is 7.35. The maximum Gasteiger partial charge on any atom is 0.197 e. The van der Waals surface area contributed by atoms with E-state index in [0.29, 0.717) is 18.7 Å². The highest BCUT2D eigenvalue weighted by atomic mass is 16.1. The van der Waals surface area contributed by atoms with Gasteiger partial charge in [0.2, 0.25) is 0 Å². The Labute approximate surface area is 162 Å². The summed E-state index contributed by atoms with van der Waals surface area (Å²) in [6, 6.07) is 9.37. The van der Waals surface area contributed by atoms with E-state index in [1.54, 1.807) is 0 Å². The molecule has 0 bridgehead atoms. The number of nitrogens with one attached hydrogen (secondary N) is 1. The highest BCUT2D eigenvalue weighted by Crippen LogP contribution is 2.19. The Morgan fingerprint density at radius 1 is 1.15 bits per heavy atom. The van der Waals surface area contributed by atoms with E-state index >= 15 is 0 Å². The van der Waals surface area contributed by atoms with Gasteiger partial charge >= 0.3 is 0 Å². The van der Waals surface area contributed by atoms with E-state index in [1.165, 1.54) is 25.7 Å². The fourth-order valence-electron chi connectivity index (χ4n) is 3.25. The van der Waals surface area contributed by atoms with Gasteiger partial charge in [0.25, 0.3) is 0 Å². The number of rotatable bonds is 13. The number of hydrogen-bond acceptors (Lipinski definition) is 5. The molecule has 1 aromatic heterocycles. The molecule has 0 amide bonds. The molecule has 5 N–H and O–H groups in total. The van der Waals surface area contributed by atoms with Gasteiger partial charge < -0.3 is 16.8 Å². The Balaban J connectivity index is 2.09. The summed E-state index contributed by atoms with van der Waals surface area (Å²) < 4.78 is 0. The van der Waals surface area contributed by atoms with Gasteiger partial charge in [-0.3, -0.25) is 4.79 Å². The summed E-state index contributed by atoms with van der Waals surface area (Å²) in [4.78, 5) is 17.3. The van der Waals surface area contributed by atoms with Crippen molar-refractivity contribution in [1.82, 2.24) is 10.3 Å². The van der Waals surface area contributed by atoms with Gasteiger partial charge in [-0.05, 0) is 50.0 Å². The maximum absolute atomic E-state index is 12.7. The van der Waals surface area contributed by atoms with Crippen LogP contribution in [-0.2, 0) is 6.54 Å². The fourth-order valence-corrected chi connectivity index (χ4v) is 3.25. The first-order chi connectivity index (χ1) is 13.2. The highest BCUT2D eigenvalue weighted by molar-refractivity contribution is 6.00. The molecule has 27 heavy (non-hydrogen) atoms. The van der Waals surface area contributed by atoms with Crippen molar-refractivity contribution in [3.8, 4) is 0 Å². The lowest BCUT2D eigenvalue weighted by Gasteiger charge is -2.13. The van der Waals surface area contributed by atoms with E-state index in [4.69, 9.17) is 11.5 Å². The number of benzene rings is 1. The minimum absolute atomic E-state index is 0.0815. The predicted octanol–water partition coefficient (Wildman–Crippen LogP) is 3.54. The van der Waals surface area contributed by atoms with Crippen LogP contribution in [0.2, 0.25) is 0 Å². The van der Waals surface area contributed by atoms with Crippen molar-refractivity contribution in [2.45, 2.75) is 64.5 Å². The number of pyridine rings is 1. The van der Waals surface area contributed by atoms with E-state index < -0.39 is 6.04 Å². The third kappa shape index (κ3) is 6.69. The molecule has 148 valence electrons. The minimum Gasteiger partial charge on any atom is -0.330 e. The van der Waals surface area contributed by atoms with E-state index in [-0.39, 0.29) is 5.78 Å². The number of unbranched alkanes of at least 4 members (excludes halogenated alkanes) is 4. The first-order valence-corrected chi connectivity index (χ1v) is 10.3. The van der Waals surface area contributed by atoms with Crippen LogP contribution in [0.5, 0.6) is 0 Å². The molecule has 5 nitrogen and oxygen atoms in total. The first-order valence-electron chi connectivity index (χ1n) is 10.3. The SMILES string of the molecule is CCCCCCNCc1cc(C(=O)[C@@H](N)CCCCN)nc2ccccc12. The molecule has 1 aromatic carbocycles. The zero-order chi connectivity index (χ0) is 19.5. The molecule has 0 spiro atoms. The molecule has 0 saturated heterocycles. The second-order valence-electron chi connectivity index (χ2n) is 7.18. The zero-order valence-corrected chi connectivity index (χ0v) is 16.5. The summed E-state index contributed by atoms with van der Waals surface area (Å²) in [5.74, 6) is -0.0815. The van der Waals surface area contributed by atoms with Crippen LogP contribution in [0.3, 0.4) is 0 Å². The fraction of sp³-hybridized carbons (Fsp3) is 0.545. The summed E-state index contributed by atoms with van der Waals surface area (Å²) in [5, 5.41) is 4.60. The quantitative estimate of drug-likeness (QED) is 0.370. The van der Waals surface area contributed by atoms with Crippen molar-refractivity contribution in [2.75, 3.05) is 13.1 Å². The van der Waals surface area contributed by atoms with Gasteiger partial charge in [-0.25, -0.2) is 4.98 Å². The molecule has 1 heterocycles. The van der Waals surface area contributed by atoms with Crippen LogP contribution in [0.25, 0.3) is 10.9 Å². The molecular weight excluding hydrogens is 336 g/mol. The van der Waals surface area contributed by atoms with Crippen molar-refractivity contribution >= 4 is 16.7 Å². The average molecular weight is 371 g/mol. The summed E-state index contributed by atoms with van der Waals surface area (Å²) in [7, 11) is 0. The number of carbonyl (C=O) groups excluding carboxylic acids is 1. The number of aromatic nitrogens is 1. The molecule has 0 aliphatic carbocycles. The van der Waals surface area contributed by atoms with Crippen LogP contribution in [0.1, 0.15) is 67.9 Å². The van der Waals surface area contributed by atoms with Gasteiger partial charge in [0.1, 0.15) is 5.69 Å². The zero-order valence-electron chi connectivity index (χ0n) is 16.5. The number of nitrogens with zero attached hydrogens (tertiary/aromatic N) is 1. The Bertz CT molecular complexity index is 717. The van der Waals surface area contributed by atoms with Crippen LogP contribution in [0.4, 0.5) is 0 Å². The second-order valence-corrected chi connectivity index (χ2v) is 7.18. The predicted molar refractivity (Wildman–Crippen MR) is 113 cm³/mol. The maximum atomic E-state index is 12.7. The Morgan fingerprint density at radius 2 is 1.96 bits per heavy atom. The number of ketones is 1. The lowest BCUT2D eigenvalue weighted by Crippen LogP contribution is -2.31. The number of nitrogens with two attached hydrogens (primary N) is 2. The van der Waals surface area contributed by atoms with E-state index in [9.17, 15) is 4.79 Å². The number of hydrogen-bond donors (Lipinski definition) is 3. The second kappa shape index (κ2) is 11.8. The van der Waals surface area contributed by atoms with E-state index in [0.717, 1.165) is 42.4 Å². The molecule has 1 atom stereocenters. The van der Waals surface area contributed by atoms with Crippen molar-refractivity contribution in [3.63, 3.8) is 0 Å². The molecule has 0 fully saturated rings. The van der Waals surface area contributed by atoms with Crippen LogP contribution < -0.4 is 16.8 Å². The van der Waals surface area contributed by atoms with Gasteiger partial charge in [-0.15, -0.1) is 0 Å². The van der Waals surface area contributed by atoms with Gasteiger partial charge in [-0.1, -0.05) is 50.8 Å². The topological polar surface area (TPSA) is 94.0 Å². The van der Waals surface area contributed by atoms with Gasteiger partial charge in [0, 0.05) is 11.9 Å². The molecule has 0 radical (unpaired) electrons. The lowest BCUT2D eigenvalue weighted by molar-refractivity contribution is 0.0951. The van der Waals surface area contributed by atoms with Gasteiger partial charge in [-0.2, -0.15) is 0 Å². The molecule has 0 aliphatic heterocycles. The van der Waals surface area contributed by atoms with Crippen LogP contribution in [0, 0.1) is 0 Å². The third-order valence-corrected chi connectivity index (χ3v) is 4.88. The van der Waals surface area contributed by atoms with Crippen LogP contribution in [0.15, 0.2) is 30.3 Å². The smallest absolute Gasteiger partial charge is 0.197 e. The normalized spacial score (nSPS) is 12.4. The molecule has 2 rings (SSSR count). The minimum atomic E-state index is -0.514. The number of fused-ring (bicyclic) bond motifs is 1. The van der Waals surface area contributed by atoms with Crippen LogP contribution in [-0.4, -0.2) is 29.9 Å². The standard InChI is InChI=1S/C22H34N4O/c1-2-3-4-9-14-25-16-17-15-21(22(27)19(24)11-7-8-13-23)26-20-12-6-5-10-18(17)20/h5-6,10,12,15,19,25H,2-4,7-9,11,13-14,16,23-24H2,1H3/t19-/m0/s1. The largest absolute Gasteiger partial charge is 0.330 e. The van der Waals surface area contributed by atoms with Crippen LogP contribution >= 0.6 is 0 Å². The molecule has 2 aromatic rings. The van der Waals surface area contributed by atoms with E-state index in [1.807, 2.05) is 24.3 Å². The van der Waals surface area contributed by atoms with Crippen molar-refractivity contribution in [3.05, 3.63) is 41.6 Å². The Kier molecular flexibility index (Phi) is 9.39. The first kappa shape index (κ1) is 21.5. The number of para-hydroxylation sites is 1. The summed E-state index contributed by atoms with van der Waals surface area (Å²) >= 11 is 0. The number of carbonyl (C=O) groups is 1. The Morgan fingerprint density at radius 3 is 2.74 bits per heavy atom. The van der Waals surface area contributed by atoms with Crippen molar-refractivity contribution < 1.29 is 4.79 Å². The summed E-state index contributed by atoms with van der Waals surface area (Å²) in [5.41, 5.74) is 14.1.